The Kier molecular flexibility index (Phi) is 2.22. The monoisotopic (exact) mass is 214 g/mol. The largest absolute Gasteiger partial charge is 0.506 e. The summed E-state index contributed by atoms with van der Waals surface area (Å²) in [6, 6.07) is 3.76. The van der Waals surface area contributed by atoms with Gasteiger partial charge in [-0.15, -0.1) is 0 Å². The molecular weight excluding hydrogens is 202 g/mol. The van der Waals surface area contributed by atoms with Crippen molar-refractivity contribution in [1.29, 1.82) is 0 Å². The number of hydrogen-bond acceptors (Lipinski definition) is 4. The van der Waals surface area contributed by atoms with E-state index in [9.17, 15) is 5.11 Å². The molecule has 0 atom stereocenters. The molecule has 1 radical (unpaired) electrons. The van der Waals surface area contributed by atoms with E-state index in [0.717, 1.165) is 29.6 Å². The lowest BCUT2D eigenvalue weighted by molar-refractivity contribution is 0.235. The number of nitrogens with zero attached hydrogens (tertiary/aromatic N) is 3. The average molecular weight is 214 g/mol. The molecule has 3 rings (SSSR count). The molecule has 2 aromatic heterocycles. The van der Waals surface area contributed by atoms with Gasteiger partial charge in [-0.05, 0) is 18.6 Å². The molecule has 16 heavy (non-hydrogen) atoms. The van der Waals surface area contributed by atoms with Crippen molar-refractivity contribution >= 4 is 11.0 Å². The summed E-state index contributed by atoms with van der Waals surface area (Å²) in [7, 11) is 0. The zero-order valence-electron chi connectivity index (χ0n) is 8.80. The maximum Gasteiger partial charge on any atom is 0.140 e. The summed E-state index contributed by atoms with van der Waals surface area (Å²) in [6.45, 7) is 3.90. The van der Waals surface area contributed by atoms with Crippen LogP contribution in [0.1, 0.15) is 12.0 Å². The van der Waals surface area contributed by atoms with Crippen LogP contribution in [-0.4, -0.2) is 26.5 Å². The maximum atomic E-state index is 9.83. The molecule has 0 spiro atoms. The highest BCUT2D eigenvalue weighted by molar-refractivity contribution is 5.79. The molecule has 4 heteroatoms. The summed E-state index contributed by atoms with van der Waals surface area (Å²) >= 11 is 0. The molecule has 0 aliphatic carbocycles. The lowest BCUT2D eigenvalue weighted by Crippen LogP contribution is -2.31. The molecule has 1 aliphatic heterocycles. The van der Waals surface area contributed by atoms with E-state index in [4.69, 9.17) is 0 Å². The number of pyridine rings is 2. The van der Waals surface area contributed by atoms with Gasteiger partial charge in [0, 0.05) is 31.4 Å². The number of aromatic nitrogens is 2. The highest BCUT2D eigenvalue weighted by atomic mass is 16.3. The molecule has 0 unspecified atom stereocenters. The molecular formula is C12H12N3O. The SMILES string of the molecule is Oc1cnc2cccnc2c1CN1[CH]CC1. The highest BCUT2D eigenvalue weighted by Crippen LogP contribution is 2.27. The van der Waals surface area contributed by atoms with E-state index in [1.807, 2.05) is 12.1 Å². The van der Waals surface area contributed by atoms with Gasteiger partial charge in [0.05, 0.1) is 17.2 Å². The zero-order valence-corrected chi connectivity index (χ0v) is 8.80. The van der Waals surface area contributed by atoms with Gasteiger partial charge in [0.25, 0.3) is 0 Å². The summed E-state index contributed by atoms with van der Waals surface area (Å²) in [6.07, 6.45) is 4.35. The molecule has 0 saturated carbocycles. The summed E-state index contributed by atoms with van der Waals surface area (Å²) in [5.74, 6) is 0.228. The molecule has 2 aromatic rings. The summed E-state index contributed by atoms with van der Waals surface area (Å²) in [5, 5.41) is 9.83. The second kappa shape index (κ2) is 3.72. The van der Waals surface area contributed by atoms with Crippen LogP contribution in [0.15, 0.2) is 24.5 Å². The van der Waals surface area contributed by atoms with Crippen molar-refractivity contribution in [1.82, 2.24) is 14.9 Å². The van der Waals surface area contributed by atoms with Gasteiger partial charge in [0.1, 0.15) is 5.75 Å². The first-order valence-electron chi connectivity index (χ1n) is 5.33. The standard InChI is InChI=1S/C12H12N3O/c16-11-7-14-10-3-1-4-13-12(10)9(11)8-15-5-2-6-15/h1,3-5,7,16H,2,6,8H2. The normalized spacial score (nSPS) is 16.2. The van der Waals surface area contributed by atoms with E-state index in [0.29, 0.717) is 6.54 Å². The summed E-state index contributed by atoms with van der Waals surface area (Å²) in [5.41, 5.74) is 2.49. The molecule has 1 saturated heterocycles. The van der Waals surface area contributed by atoms with E-state index in [2.05, 4.69) is 21.4 Å². The first-order valence-corrected chi connectivity index (χ1v) is 5.33. The number of rotatable bonds is 2. The van der Waals surface area contributed by atoms with E-state index >= 15 is 0 Å². The molecule has 0 bridgehead atoms. The fraction of sp³-hybridized carbons (Fsp3) is 0.250. The van der Waals surface area contributed by atoms with Crippen molar-refractivity contribution in [2.24, 2.45) is 0 Å². The Labute approximate surface area is 93.6 Å². The van der Waals surface area contributed by atoms with Gasteiger partial charge >= 0.3 is 0 Å². The fourth-order valence-electron chi connectivity index (χ4n) is 1.88. The first-order chi connectivity index (χ1) is 7.84. The zero-order chi connectivity index (χ0) is 11.0. The Bertz CT molecular complexity index is 523. The summed E-state index contributed by atoms with van der Waals surface area (Å²) < 4.78 is 0. The minimum Gasteiger partial charge on any atom is -0.506 e. The van der Waals surface area contributed by atoms with E-state index < -0.39 is 0 Å². The van der Waals surface area contributed by atoms with Crippen LogP contribution in [0.4, 0.5) is 0 Å². The van der Waals surface area contributed by atoms with Crippen molar-refractivity contribution in [2.45, 2.75) is 13.0 Å². The second-order valence-corrected chi connectivity index (χ2v) is 3.93. The van der Waals surface area contributed by atoms with Gasteiger partial charge in [-0.3, -0.25) is 14.9 Å². The highest BCUT2D eigenvalue weighted by Gasteiger charge is 2.18. The number of fused-ring (bicyclic) bond motifs is 1. The van der Waals surface area contributed by atoms with Crippen LogP contribution in [0.3, 0.4) is 0 Å². The first kappa shape index (κ1) is 9.54. The third kappa shape index (κ3) is 1.51. The van der Waals surface area contributed by atoms with Crippen LogP contribution < -0.4 is 0 Å². The van der Waals surface area contributed by atoms with Crippen molar-refractivity contribution in [3.05, 3.63) is 36.6 Å². The molecule has 1 N–H and O–H groups in total. The molecule has 1 aliphatic rings. The maximum absolute atomic E-state index is 9.83. The van der Waals surface area contributed by atoms with Crippen LogP contribution in [0.5, 0.6) is 5.75 Å². The third-order valence-corrected chi connectivity index (χ3v) is 2.87. The van der Waals surface area contributed by atoms with Gasteiger partial charge in [-0.1, -0.05) is 0 Å². The van der Waals surface area contributed by atoms with Gasteiger partial charge < -0.3 is 5.11 Å². The third-order valence-electron chi connectivity index (χ3n) is 2.87. The topological polar surface area (TPSA) is 49.3 Å². The number of hydrogen-bond donors (Lipinski definition) is 1. The predicted molar refractivity (Wildman–Crippen MR) is 60.5 cm³/mol. The Morgan fingerprint density at radius 1 is 1.38 bits per heavy atom. The molecule has 81 valence electrons. The van der Waals surface area contributed by atoms with Crippen molar-refractivity contribution < 1.29 is 5.11 Å². The van der Waals surface area contributed by atoms with Crippen molar-refractivity contribution in [3.63, 3.8) is 0 Å². The smallest absolute Gasteiger partial charge is 0.140 e. The Hall–Kier alpha value is -1.68. The predicted octanol–water partition coefficient (Wildman–Crippen LogP) is 1.70. The lowest BCUT2D eigenvalue weighted by atomic mass is 10.1. The Morgan fingerprint density at radius 2 is 2.25 bits per heavy atom. The van der Waals surface area contributed by atoms with Crippen LogP contribution in [0.2, 0.25) is 0 Å². The number of aromatic hydroxyl groups is 1. The van der Waals surface area contributed by atoms with Crippen LogP contribution in [0, 0.1) is 6.54 Å². The van der Waals surface area contributed by atoms with Crippen LogP contribution in [-0.2, 0) is 6.54 Å². The van der Waals surface area contributed by atoms with Crippen LogP contribution in [0.25, 0.3) is 11.0 Å². The lowest BCUT2D eigenvalue weighted by Gasteiger charge is -2.30. The fourth-order valence-corrected chi connectivity index (χ4v) is 1.88. The molecule has 0 aromatic carbocycles. The van der Waals surface area contributed by atoms with E-state index in [-0.39, 0.29) is 5.75 Å². The Balaban J connectivity index is 2.08. The Morgan fingerprint density at radius 3 is 3.00 bits per heavy atom. The van der Waals surface area contributed by atoms with Gasteiger partial charge in [-0.25, -0.2) is 0 Å². The van der Waals surface area contributed by atoms with Crippen molar-refractivity contribution in [3.8, 4) is 5.75 Å². The number of likely N-dealkylation sites (tertiary alicyclic amines) is 1. The van der Waals surface area contributed by atoms with Crippen molar-refractivity contribution in [2.75, 3.05) is 6.54 Å². The quantitative estimate of drug-likeness (QED) is 0.826. The second-order valence-electron chi connectivity index (χ2n) is 3.93. The molecule has 4 nitrogen and oxygen atoms in total. The summed E-state index contributed by atoms with van der Waals surface area (Å²) in [4.78, 5) is 10.6. The minimum atomic E-state index is 0.228. The van der Waals surface area contributed by atoms with Crippen LogP contribution >= 0.6 is 0 Å². The van der Waals surface area contributed by atoms with Gasteiger partial charge in [-0.2, -0.15) is 0 Å². The minimum absolute atomic E-state index is 0.228. The van der Waals surface area contributed by atoms with E-state index in [1.54, 1.807) is 6.20 Å². The molecule has 3 heterocycles. The average Bonchev–Trinajstić information content (AvgIpc) is 2.25. The molecule has 0 amide bonds. The van der Waals surface area contributed by atoms with Gasteiger partial charge in [0.2, 0.25) is 0 Å². The van der Waals surface area contributed by atoms with E-state index in [1.165, 1.54) is 6.20 Å². The van der Waals surface area contributed by atoms with Gasteiger partial charge in [0.15, 0.2) is 0 Å². The molecule has 1 fully saturated rings.